The first-order chi connectivity index (χ1) is 16.2. The van der Waals surface area contributed by atoms with Crippen molar-refractivity contribution >= 4 is 45.1 Å². The van der Waals surface area contributed by atoms with Gasteiger partial charge in [-0.05, 0) is 68.8 Å². The monoisotopic (exact) mass is 492 g/mol. The van der Waals surface area contributed by atoms with E-state index in [2.05, 4.69) is 0 Å². The van der Waals surface area contributed by atoms with E-state index in [0.717, 1.165) is 37.6 Å². The van der Waals surface area contributed by atoms with Crippen molar-refractivity contribution in [1.29, 1.82) is 0 Å². The summed E-state index contributed by atoms with van der Waals surface area (Å²) in [5.41, 5.74) is 1.26. The second kappa shape index (κ2) is 9.92. The number of carbonyl (C=O) groups is 1. The number of rotatable bonds is 6. The predicted molar refractivity (Wildman–Crippen MR) is 140 cm³/mol. The molecular weight excluding hydrogens is 468 g/mol. The number of methoxy groups -OCH3 is 1. The largest absolute Gasteiger partial charge is 0.497 e. The summed E-state index contributed by atoms with van der Waals surface area (Å²) in [6.07, 6.45) is 3.15. The lowest BCUT2D eigenvalue weighted by Crippen LogP contribution is -2.22. The molecule has 4 rings (SSSR count). The van der Waals surface area contributed by atoms with Gasteiger partial charge in [0.05, 0.1) is 12.0 Å². The second-order valence-corrected chi connectivity index (χ2v) is 10.1. The summed E-state index contributed by atoms with van der Waals surface area (Å²) in [4.78, 5) is 12.9. The third-order valence-electron chi connectivity index (χ3n) is 4.89. The zero-order valence-electron chi connectivity index (χ0n) is 19.4. The van der Waals surface area contributed by atoms with Crippen LogP contribution in [0.15, 0.2) is 72.8 Å². The van der Waals surface area contributed by atoms with Crippen LogP contribution in [0.25, 0.3) is 26.6 Å². The molecule has 1 heterocycles. The third-order valence-corrected chi connectivity index (χ3v) is 6.39. The van der Waals surface area contributed by atoms with Gasteiger partial charge in [0.15, 0.2) is 5.75 Å². The molecule has 0 amide bonds. The van der Waals surface area contributed by atoms with Crippen molar-refractivity contribution in [3.8, 4) is 27.7 Å². The molecule has 0 unspecified atom stereocenters. The average Bonchev–Trinajstić information content (AvgIpc) is 3.15. The molecule has 0 bridgehead atoms. The quantitative estimate of drug-likeness (QED) is 0.200. The van der Waals surface area contributed by atoms with E-state index in [-0.39, 0.29) is 5.97 Å². The smallest absolute Gasteiger partial charge is 0.331 e. The van der Waals surface area contributed by atoms with Gasteiger partial charge in [0, 0.05) is 26.7 Å². The van der Waals surface area contributed by atoms with Gasteiger partial charge in [-0.3, -0.25) is 0 Å². The number of benzene rings is 3. The Morgan fingerprint density at radius 3 is 2.35 bits per heavy atom. The Bertz CT molecular complexity index is 1350. The highest BCUT2D eigenvalue weighted by Crippen LogP contribution is 2.48. The standard InChI is InChI=1S/C28H25ClO4S/c1-28(2,3)33-25(30)16-11-18-9-12-19(13-10-18)32-26-22-15-14-20(31-4)17-24(22)34-27(26)21-7-5-6-8-23(21)29/h5-17H,1-4H3/b16-11+. The first-order valence-corrected chi connectivity index (χ1v) is 12.0. The number of fused-ring (bicyclic) bond motifs is 1. The Morgan fingerprint density at radius 2 is 1.68 bits per heavy atom. The number of hydrogen-bond acceptors (Lipinski definition) is 5. The highest BCUT2D eigenvalue weighted by atomic mass is 35.5. The second-order valence-electron chi connectivity index (χ2n) is 8.64. The van der Waals surface area contributed by atoms with E-state index in [1.807, 2.05) is 87.5 Å². The van der Waals surface area contributed by atoms with Crippen LogP contribution in [-0.2, 0) is 9.53 Å². The van der Waals surface area contributed by atoms with E-state index in [1.165, 1.54) is 6.08 Å². The predicted octanol–water partition coefficient (Wildman–Crippen LogP) is 8.38. The maximum Gasteiger partial charge on any atom is 0.331 e. The Morgan fingerprint density at radius 1 is 0.971 bits per heavy atom. The number of carbonyl (C=O) groups excluding carboxylic acids is 1. The van der Waals surface area contributed by atoms with Crippen molar-refractivity contribution in [2.75, 3.05) is 7.11 Å². The van der Waals surface area contributed by atoms with Crippen LogP contribution in [0.5, 0.6) is 17.2 Å². The average molecular weight is 493 g/mol. The molecule has 0 spiro atoms. The molecule has 4 aromatic rings. The van der Waals surface area contributed by atoms with Gasteiger partial charge in [-0.25, -0.2) is 4.79 Å². The van der Waals surface area contributed by atoms with Crippen molar-refractivity contribution in [3.63, 3.8) is 0 Å². The van der Waals surface area contributed by atoms with Crippen molar-refractivity contribution in [3.05, 3.63) is 83.4 Å². The summed E-state index contributed by atoms with van der Waals surface area (Å²) >= 11 is 8.13. The Hall–Kier alpha value is -3.28. The Labute approximate surface area is 208 Å². The van der Waals surface area contributed by atoms with E-state index >= 15 is 0 Å². The van der Waals surface area contributed by atoms with Gasteiger partial charge in [-0.1, -0.05) is 41.9 Å². The number of hydrogen-bond donors (Lipinski definition) is 0. The van der Waals surface area contributed by atoms with Crippen molar-refractivity contribution in [1.82, 2.24) is 0 Å². The maximum absolute atomic E-state index is 11.9. The molecule has 0 aliphatic heterocycles. The van der Waals surface area contributed by atoms with Crippen molar-refractivity contribution in [2.24, 2.45) is 0 Å². The first kappa shape index (κ1) is 23.9. The summed E-state index contributed by atoms with van der Waals surface area (Å²) in [6.45, 7) is 5.52. The van der Waals surface area contributed by atoms with Crippen LogP contribution in [-0.4, -0.2) is 18.7 Å². The maximum atomic E-state index is 11.9. The molecule has 1 aromatic heterocycles. The van der Waals surface area contributed by atoms with Gasteiger partial charge in [0.2, 0.25) is 0 Å². The lowest BCUT2D eigenvalue weighted by Gasteiger charge is -2.17. The fraction of sp³-hybridized carbons (Fsp3) is 0.179. The topological polar surface area (TPSA) is 44.8 Å². The zero-order valence-corrected chi connectivity index (χ0v) is 21.0. The number of halogens is 1. The highest BCUT2D eigenvalue weighted by Gasteiger charge is 2.19. The van der Waals surface area contributed by atoms with Gasteiger partial charge in [-0.2, -0.15) is 0 Å². The summed E-state index contributed by atoms with van der Waals surface area (Å²) in [7, 11) is 1.65. The lowest BCUT2D eigenvalue weighted by atomic mass is 10.1. The van der Waals surface area contributed by atoms with Gasteiger partial charge >= 0.3 is 5.97 Å². The first-order valence-electron chi connectivity index (χ1n) is 10.8. The molecule has 0 aliphatic carbocycles. The third kappa shape index (κ3) is 5.61. The van der Waals surface area contributed by atoms with Gasteiger partial charge in [0.25, 0.3) is 0 Å². The summed E-state index contributed by atoms with van der Waals surface area (Å²) in [5, 5.41) is 1.64. The number of ether oxygens (including phenoxy) is 3. The van der Waals surface area contributed by atoms with Gasteiger partial charge in [0.1, 0.15) is 17.1 Å². The molecule has 6 heteroatoms. The van der Waals surface area contributed by atoms with E-state index in [1.54, 1.807) is 24.5 Å². The highest BCUT2D eigenvalue weighted by molar-refractivity contribution is 7.22. The SMILES string of the molecule is COc1ccc2c(Oc3ccc(/C=C/C(=O)OC(C)(C)C)cc3)c(-c3ccccc3Cl)sc2c1. The van der Waals surface area contributed by atoms with Crippen LogP contribution in [0.3, 0.4) is 0 Å². The Balaban J connectivity index is 1.64. The molecule has 4 nitrogen and oxygen atoms in total. The summed E-state index contributed by atoms with van der Waals surface area (Å²) < 4.78 is 18.1. The minimum atomic E-state index is -0.522. The number of esters is 1. The van der Waals surface area contributed by atoms with E-state index in [4.69, 9.17) is 25.8 Å². The van der Waals surface area contributed by atoms with Crippen LogP contribution in [0.1, 0.15) is 26.3 Å². The van der Waals surface area contributed by atoms with E-state index in [9.17, 15) is 4.79 Å². The van der Waals surface area contributed by atoms with E-state index < -0.39 is 5.60 Å². The van der Waals surface area contributed by atoms with Crippen molar-refractivity contribution in [2.45, 2.75) is 26.4 Å². The van der Waals surface area contributed by atoms with E-state index in [0.29, 0.717) is 10.8 Å². The summed E-state index contributed by atoms with van der Waals surface area (Å²) in [6, 6.07) is 21.2. The molecule has 0 atom stereocenters. The molecular formula is C28H25ClO4S. The molecule has 0 N–H and O–H groups in total. The lowest BCUT2D eigenvalue weighted by molar-refractivity contribution is -0.148. The Kier molecular flexibility index (Phi) is 6.96. The molecule has 0 fully saturated rings. The molecule has 0 saturated heterocycles. The van der Waals surface area contributed by atoms with Gasteiger partial charge in [-0.15, -0.1) is 11.3 Å². The van der Waals surface area contributed by atoms with Crippen LogP contribution < -0.4 is 9.47 Å². The van der Waals surface area contributed by atoms with Gasteiger partial charge < -0.3 is 14.2 Å². The van der Waals surface area contributed by atoms with Crippen LogP contribution in [0.4, 0.5) is 0 Å². The fourth-order valence-corrected chi connectivity index (χ4v) is 4.85. The molecule has 0 saturated carbocycles. The van der Waals surface area contributed by atoms with Crippen LogP contribution in [0.2, 0.25) is 5.02 Å². The molecule has 174 valence electrons. The molecule has 3 aromatic carbocycles. The van der Waals surface area contributed by atoms with Crippen LogP contribution in [0, 0.1) is 0 Å². The fourth-order valence-electron chi connectivity index (χ4n) is 3.37. The normalized spacial score (nSPS) is 11.7. The van der Waals surface area contributed by atoms with Crippen molar-refractivity contribution < 1.29 is 19.0 Å². The molecule has 34 heavy (non-hydrogen) atoms. The molecule has 0 aliphatic rings. The number of thiophene rings is 1. The van der Waals surface area contributed by atoms with Crippen LogP contribution >= 0.6 is 22.9 Å². The zero-order chi connectivity index (χ0) is 24.3. The summed E-state index contributed by atoms with van der Waals surface area (Å²) in [5.74, 6) is 1.83. The molecule has 0 radical (unpaired) electrons. The minimum Gasteiger partial charge on any atom is -0.497 e. The minimum absolute atomic E-state index is 0.377.